The number of rotatable bonds is 5. The number of hydrogen-bond donors (Lipinski definition) is 3. The second-order valence-electron chi connectivity index (χ2n) is 4.77. The SMILES string of the molecule is CCN(CC(=O)NC(C)C)c1nc(N)nc2[nH]ncc12. The van der Waals surface area contributed by atoms with Gasteiger partial charge in [0.2, 0.25) is 11.9 Å². The molecule has 2 heterocycles. The predicted octanol–water partition coefficient (Wildman–Crippen LogP) is 0.286. The maximum atomic E-state index is 11.9. The van der Waals surface area contributed by atoms with Crippen LogP contribution in [0.1, 0.15) is 20.8 Å². The van der Waals surface area contributed by atoms with Crippen molar-refractivity contribution in [3.63, 3.8) is 0 Å². The highest BCUT2D eigenvalue weighted by molar-refractivity contribution is 5.90. The van der Waals surface area contributed by atoms with E-state index in [1.165, 1.54) is 0 Å². The van der Waals surface area contributed by atoms with Crippen LogP contribution in [0.3, 0.4) is 0 Å². The second kappa shape index (κ2) is 5.72. The smallest absolute Gasteiger partial charge is 0.239 e. The van der Waals surface area contributed by atoms with E-state index in [4.69, 9.17) is 5.73 Å². The number of fused-ring (bicyclic) bond motifs is 1. The van der Waals surface area contributed by atoms with E-state index in [0.717, 1.165) is 5.39 Å². The van der Waals surface area contributed by atoms with Gasteiger partial charge in [0.25, 0.3) is 0 Å². The zero-order chi connectivity index (χ0) is 14.7. The largest absolute Gasteiger partial charge is 0.368 e. The van der Waals surface area contributed by atoms with Gasteiger partial charge in [-0.3, -0.25) is 9.89 Å². The van der Waals surface area contributed by atoms with E-state index in [2.05, 4.69) is 25.5 Å². The topological polar surface area (TPSA) is 113 Å². The third-order valence-corrected chi connectivity index (χ3v) is 2.77. The molecular formula is C12H19N7O. The van der Waals surface area contributed by atoms with Gasteiger partial charge in [-0.2, -0.15) is 15.1 Å². The third kappa shape index (κ3) is 2.95. The van der Waals surface area contributed by atoms with Gasteiger partial charge in [0, 0.05) is 12.6 Å². The van der Waals surface area contributed by atoms with Gasteiger partial charge in [0.15, 0.2) is 5.65 Å². The Morgan fingerprint density at radius 3 is 2.90 bits per heavy atom. The summed E-state index contributed by atoms with van der Waals surface area (Å²) < 4.78 is 0. The number of nitrogens with two attached hydrogens (primary N) is 1. The van der Waals surface area contributed by atoms with Crippen LogP contribution in [0.15, 0.2) is 6.20 Å². The lowest BCUT2D eigenvalue weighted by Crippen LogP contribution is -2.40. The number of nitrogens with one attached hydrogen (secondary N) is 2. The van der Waals surface area contributed by atoms with Crippen LogP contribution in [0, 0.1) is 0 Å². The van der Waals surface area contributed by atoms with E-state index >= 15 is 0 Å². The van der Waals surface area contributed by atoms with Crippen LogP contribution in [0.2, 0.25) is 0 Å². The summed E-state index contributed by atoms with van der Waals surface area (Å²) in [4.78, 5) is 22.0. The lowest BCUT2D eigenvalue weighted by atomic mass is 10.3. The molecule has 0 fully saturated rings. The Morgan fingerprint density at radius 2 is 2.25 bits per heavy atom. The number of H-pyrrole nitrogens is 1. The van der Waals surface area contributed by atoms with Gasteiger partial charge in [0.05, 0.1) is 18.1 Å². The molecule has 8 nitrogen and oxygen atoms in total. The number of carbonyl (C=O) groups excluding carboxylic acids is 1. The van der Waals surface area contributed by atoms with Crippen LogP contribution in [0.4, 0.5) is 11.8 Å². The highest BCUT2D eigenvalue weighted by Gasteiger charge is 2.17. The number of nitrogen functional groups attached to an aromatic ring is 1. The number of carbonyl (C=O) groups is 1. The van der Waals surface area contributed by atoms with Crippen LogP contribution < -0.4 is 16.0 Å². The van der Waals surface area contributed by atoms with Gasteiger partial charge >= 0.3 is 0 Å². The molecule has 0 saturated carbocycles. The fourth-order valence-corrected chi connectivity index (χ4v) is 1.95. The summed E-state index contributed by atoms with van der Waals surface area (Å²) in [5.74, 6) is 0.706. The minimum atomic E-state index is -0.0596. The predicted molar refractivity (Wildman–Crippen MR) is 77.3 cm³/mol. The Labute approximate surface area is 116 Å². The van der Waals surface area contributed by atoms with Crippen LogP contribution in [-0.2, 0) is 4.79 Å². The average Bonchev–Trinajstić information content (AvgIpc) is 2.82. The minimum Gasteiger partial charge on any atom is -0.368 e. The number of aromatic nitrogens is 4. The van der Waals surface area contributed by atoms with Gasteiger partial charge in [-0.05, 0) is 20.8 Å². The molecule has 0 spiro atoms. The molecule has 2 aromatic heterocycles. The van der Waals surface area contributed by atoms with Crippen LogP contribution in [-0.4, -0.2) is 45.2 Å². The summed E-state index contributed by atoms with van der Waals surface area (Å²) in [6.07, 6.45) is 1.63. The zero-order valence-electron chi connectivity index (χ0n) is 11.8. The van der Waals surface area contributed by atoms with Crippen molar-refractivity contribution in [1.29, 1.82) is 0 Å². The lowest BCUT2D eigenvalue weighted by molar-refractivity contribution is -0.120. The standard InChI is InChI=1S/C12H19N7O/c1-4-19(6-9(20)15-7(2)3)11-8-5-14-18-10(8)16-12(13)17-11/h5,7H,4,6H2,1-3H3,(H,15,20)(H3,13,14,16,17,18). The Hall–Kier alpha value is -2.38. The first kappa shape index (κ1) is 14.0. The summed E-state index contributed by atoms with van der Waals surface area (Å²) in [6.45, 7) is 6.64. The number of hydrogen-bond acceptors (Lipinski definition) is 6. The van der Waals surface area contributed by atoms with E-state index in [1.54, 1.807) is 6.20 Å². The van der Waals surface area contributed by atoms with Crippen LogP contribution in [0.5, 0.6) is 0 Å². The van der Waals surface area contributed by atoms with Gasteiger partial charge in [-0.15, -0.1) is 0 Å². The molecule has 2 rings (SSSR count). The Kier molecular flexibility index (Phi) is 4.02. The monoisotopic (exact) mass is 277 g/mol. The fraction of sp³-hybridized carbons (Fsp3) is 0.500. The number of nitrogens with zero attached hydrogens (tertiary/aromatic N) is 4. The van der Waals surface area contributed by atoms with E-state index < -0.39 is 0 Å². The molecule has 4 N–H and O–H groups in total. The quantitative estimate of drug-likeness (QED) is 0.724. The molecular weight excluding hydrogens is 258 g/mol. The van der Waals surface area contributed by atoms with Crippen molar-refractivity contribution in [2.75, 3.05) is 23.7 Å². The molecule has 0 aliphatic heterocycles. The van der Waals surface area contributed by atoms with Crippen molar-refractivity contribution in [1.82, 2.24) is 25.5 Å². The fourth-order valence-electron chi connectivity index (χ4n) is 1.95. The normalized spacial score (nSPS) is 11.0. The highest BCUT2D eigenvalue weighted by atomic mass is 16.2. The molecule has 0 radical (unpaired) electrons. The van der Waals surface area contributed by atoms with E-state index in [0.29, 0.717) is 18.0 Å². The highest BCUT2D eigenvalue weighted by Crippen LogP contribution is 2.22. The van der Waals surface area contributed by atoms with Crippen LogP contribution in [0.25, 0.3) is 11.0 Å². The van der Waals surface area contributed by atoms with Crippen molar-refractivity contribution >= 4 is 28.7 Å². The summed E-state index contributed by atoms with van der Waals surface area (Å²) >= 11 is 0. The van der Waals surface area contributed by atoms with Crippen molar-refractivity contribution in [2.45, 2.75) is 26.8 Å². The van der Waals surface area contributed by atoms with Gasteiger partial charge < -0.3 is 16.0 Å². The first-order valence-corrected chi connectivity index (χ1v) is 6.52. The zero-order valence-corrected chi connectivity index (χ0v) is 11.8. The molecule has 0 bridgehead atoms. The molecule has 2 aromatic rings. The van der Waals surface area contributed by atoms with Crippen molar-refractivity contribution in [3.05, 3.63) is 6.20 Å². The maximum Gasteiger partial charge on any atom is 0.239 e. The molecule has 8 heteroatoms. The minimum absolute atomic E-state index is 0.0596. The van der Waals surface area contributed by atoms with Crippen molar-refractivity contribution in [2.24, 2.45) is 0 Å². The van der Waals surface area contributed by atoms with Crippen molar-refractivity contribution < 1.29 is 4.79 Å². The summed E-state index contributed by atoms with van der Waals surface area (Å²) in [5, 5.41) is 10.3. The second-order valence-corrected chi connectivity index (χ2v) is 4.77. The molecule has 0 aliphatic carbocycles. The molecule has 0 saturated heterocycles. The van der Waals surface area contributed by atoms with Crippen molar-refractivity contribution in [3.8, 4) is 0 Å². The number of anilines is 2. The lowest BCUT2D eigenvalue weighted by Gasteiger charge is -2.22. The Morgan fingerprint density at radius 1 is 1.50 bits per heavy atom. The first-order valence-electron chi connectivity index (χ1n) is 6.52. The van der Waals surface area contributed by atoms with E-state index in [-0.39, 0.29) is 24.4 Å². The Bertz CT molecular complexity index is 607. The molecule has 20 heavy (non-hydrogen) atoms. The molecule has 108 valence electrons. The Balaban J connectivity index is 2.29. The number of amides is 1. The number of likely N-dealkylation sites (N-methyl/N-ethyl adjacent to an activating group) is 1. The molecule has 0 unspecified atom stereocenters. The summed E-state index contributed by atoms with van der Waals surface area (Å²) in [6, 6.07) is 0.102. The molecule has 0 aromatic carbocycles. The molecule has 0 atom stereocenters. The summed E-state index contributed by atoms with van der Waals surface area (Å²) in [5.41, 5.74) is 6.26. The van der Waals surface area contributed by atoms with Gasteiger partial charge in [-0.1, -0.05) is 0 Å². The van der Waals surface area contributed by atoms with E-state index in [9.17, 15) is 4.79 Å². The maximum absolute atomic E-state index is 11.9. The first-order chi connectivity index (χ1) is 9.51. The van der Waals surface area contributed by atoms with Gasteiger partial charge in [0.1, 0.15) is 5.82 Å². The van der Waals surface area contributed by atoms with E-state index in [1.807, 2.05) is 25.7 Å². The average molecular weight is 277 g/mol. The number of aromatic amines is 1. The van der Waals surface area contributed by atoms with Gasteiger partial charge in [-0.25, -0.2) is 0 Å². The third-order valence-electron chi connectivity index (χ3n) is 2.77. The summed E-state index contributed by atoms with van der Waals surface area (Å²) in [7, 11) is 0. The molecule has 0 aliphatic rings. The molecule has 1 amide bonds. The van der Waals surface area contributed by atoms with Crippen LogP contribution >= 0.6 is 0 Å².